The van der Waals surface area contributed by atoms with E-state index in [0.717, 1.165) is 23.2 Å². The maximum Gasteiger partial charge on any atom is 0.410 e. The number of ketones is 1. The van der Waals surface area contributed by atoms with Crippen molar-refractivity contribution in [3.05, 3.63) is 76.1 Å². The number of carbonyl (C=O) groups excluding carboxylic acids is 2. The van der Waals surface area contributed by atoms with E-state index < -0.39 is 12.1 Å². The molecule has 5 nitrogen and oxygen atoms in total. The molecule has 4 rings (SSSR count). The van der Waals surface area contributed by atoms with Gasteiger partial charge in [0, 0.05) is 17.5 Å². The molecule has 2 aromatic carbocycles. The summed E-state index contributed by atoms with van der Waals surface area (Å²) in [5.74, 6) is 0.362. The zero-order chi connectivity index (χ0) is 21.8. The standard InChI is InChI=1S/C25H26N2O3S/c1-17(2)19-10-12-20(13-11-19)21-16-31-24(26-21)23(28)22-9-6-14-27(22)25(29)30-15-18-7-4-3-5-8-18/h3-5,7-8,10-13,16-17,22H,6,9,14-15H2,1-2H3. The number of carbonyl (C=O) groups is 2. The molecule has 0 radical (unpaired) electrons. The average Bonchev–Trinajstić information content (AvgIpc) is 3.48. The van der Waals surface area contributed by atoms with E-state index in [0.29, 0.717) is 23.9 Å². The number of likely N-dealkylation sites (tertiary alicyclic amines) is 1. The summed E-state index contributed by atoms with van der Waals surface area (Å²) in [4.78, 5) is 31.9. The summed E-state index contributed by atoms with van der Waals surface area (Å²) in [5.41, 5.74) is 3.97. The Hall–Kier alpha value is -2.99. The van der Waals surface area contributed by atoms with Crippen LogP contribution < -0.4 is 0 Å². The number of thiazole rings is 1. The largest absolute Gasteiger partial charge is 0.445 e. The summed E-state index contributed by atoms with van der Waals surface area (Å²) >= 11 is 1.33. The Morgan fingerprint density at radius 3 is 2.58 bits per heavy atom. The van der Waals surface area contributed by atoms with E-state index in [1.54, 1.807) is 4.90 Å². The fourth-order valence-electron chi connectivity index (χ4n) is 3.76. The van der Waals surface area contributed by atoms with Gasteiger partial charge in [0.05, 0.1) is 5.69 Å². The minimum Gasteiger partial charge on any atom is -0.445 e. The number of benzene rings is 2. The van der Waals surface area contributed by atoms with Crippen LogP contribution in [0.2, 0.25) is 0 Å². The Bertz CT molecular complexity index is 1040. The Labute approximate surface area is 186 Å². The Balaban J connectivity index is 1.43. The van der Waals surface area contributed by atoms with Gasteiger partial charge in [-0.15, -0.1) is 11.3 Å². The van der Waals surface area contributed by atoms with Gasteiger partial charge in [0.2, 0.25) is 5.78 Å². The van der Waals surface area contributed by atoms with Crippen LogP contribution in [0.4, 0.5) is 4.79 Å². The summed E-state index contributed by atoms with van der Waals surface area (Å²) in [6, 6.07) is 17.3. The molecule has 1 saturated heterocycles. The van der Waals surface area contributed by atoms with Crippen molar-refractivity contribution in [2.75, 3.05) is 6.54 Å². The van der Waals surface area contributed by atoms with Gasteiger partial charge in [-0.3, -0.25) is 9.69 Å². The molecule has 1 unspecified atom stereocenters. The van der Waals surface area contributed by atoms with Gasteiger partial charge in [-0.1, -0.05) is 68.4 Å². The molecule has 1 atom stereocenters. The summed E-state index contributed by atoms with van der Waals surface area (Å²) < 4.78 is 5.45. The summed E-state index contributed by atoms with van der Waals surface area (Å²) in [7, 11) is 0. The maximum absolute atomic E-state index is 13.1. The van der Waals surface area contributed by atoms with Gasteiger partial charge < -0.3 is 4.74 Å². The third-order valence-corrected chi connectivity index (χ3v) is 6.44. The predicted molar refractivity (Wildman–Crippen MR) is 122 cm³/mol. The zero-order valence-corrected chi connectivity index (χ0v) is 18.6. The van der Waals surface area contributed by atoms with E-state index in [9.17, 15) is 9.59 Å². The van der Waals surface area contributed by atoms with E-state index in [4.69, 9.17) is 4.74 Å². The minimum atomic E-state index is -0.509. The van der Waals surface area contributed by atoms with Crippen LogP contribution in [0.15, 0.2) is 60.0 Å². The topological polar surface area (TPSA) is 59.5 Å². The molecule has 1 fully saturated rings. The lowest BCUT2D eigenvalue weighted by atomic mass is 10.0. The van der Waals surface area contributed by atoms with Gasteiger partial charge in [-0.2, -0.15) is 0 Å². The van der Waals surface area contributed by atoms with Crippen LogP contribution in [-0.4, -0.2) is 34.3 Å². The van der Waals surface area contributed by atoms with Crippen molar-refractivity contribution in [2.24, 2.45) is 0 Å². The summed E-state index contributed by atoms with van der Waals surface area (Å²) in [6.07, 6.45) is 0.976. The highest BCUT2D eigenvalue weighted by molar-refractivity contribution is 7.12. The Kier molecular flexibility index (Phi) is 6.47. The van der Waals surface area contributed by atoms with Gasteiger partial charge in [-0.05, 0) is 29.9 Å². The highest BCUT2D eigenvalue weighted by Crippen LogP contribution is 2.28. The van der Waals surface area contributed by atoms with Crippen molar-refractivity contribution < 1.29 is 14.3 Å². The number of hydrogen-bond acceptors (Lipinski definition) is 5. The molecule has 0 N–H and O–H groups in total. The van der Waals surface area contributed by atoms with E-state index in [1.165, 1.54) is 16.9 Å². The quantitative estimate of drug-likeness (QED) is 0.452. The van der Waals surface area contributed by atoms with Gasteiger partial charge in [0.1, 0.15) is 12.6 Å². The third-order valence-electron chi connectivity index (χ3n) is 5.58. The zero-order valence-electron chi connectivity index (χ0n) is 17.8. The third kappa shape index (κ3) is 4.85. The van der Waals surface area contributed by atoms with E-state index in [1.807, 2.05) is 47.8 Å². The second-order valence-corrected chi connectivity index (χ2v) is 8.93. The van der Waals surface area contributed by atoms with Gasteiger partial charge in [0.25, 0.3) is 0 Å². The fraction of sp³-hybridized carbons (Fsp3) is 0.320. The van der Waals surface area contributed by atoms with Crippen molar-refractivity contribution in [3.63, 3.8) is 0 Å². The first-order chi connectivity index (χ1) is 15.0. The lowest BCUT2D eigenvalue weighted by Gasteiger charge is -2.22. The number of ether oxygens (including phenoxy) is 1. The summed E-state index contributed by atoms with van der Waals surface area (Å²) in [6.45, 7) is 5.05. The number of hydrogen-bond donors (Lipinski definition) is 0. The summed E-state index contributed by atoms with van der Waals surface area (Å²) in [5, 5.41) is 2.35. The maximum atomic E-state index is 13.1. The van der Waals surface area contributed by atoms with Crippen LogP contribution in [0.1, 0.15) is 53.5 Å². The van der Waals surface area contributed by atoms with Crippen molar-refractivity contribution in [1.29, 1.82) is 0 Å². The minimum absolute atomic E-state index is 0.107. The van der Waals surface area contributed by atoms with Gasteiger partial charge in [-0.25, -0.2) is 9.78 Å². The fourth-order valence-corrected chi connectivity index (χ4v) is 4.58. The van der Waals surface area contributed by atoms with E-state index in [-0.39, 0.29) is 12.4 Å². The van der Waals surface area contributed by atoms with Crippen molar-refractivity contribution >= 4 is 23.2 Å². The molecule has 0 bridgehead atoms. The van der Waals surface area contributed by atoms with Gasteiger partial charge >= 0.3 is 6.09 Å². The number of nitrogens with zero attached hydrogens (tertiary/aromatic N) is 2. The van der Waals surface area contributed by atoms with Crippen molar-refractivity contribution in [2.45, 2.75) is 45.3 Å². The lowest BCUT2D eigenvalue weighted by molar-refractivity contribution is 0.0738. The first-order valence-electron chi connectivity index (χ1n) is 10.6. The van der Waals surface area contributed by atoms with Crippen LogP contribution in [0.25, 0.3) is 11.3 Å². The van der Waals surface area contributed by atoms with Gasteiger partial charge in [0.15, 0.2) is 5.01 Å². The highest BCUT2D eigenvalue weighted by atomic mass is 32.1. The van der Waals surface area contributed by atoms with E-state index >= 15 is 0 Å². The first kappa shape index (κ1) is 21.2. The van der Waals surface area contributed by atoms with Crippen LogP contribution in [0, 0.1) is 0 Å². The van der Waals surface area contributed by atoms with Crippen LogP contribution >= 0.6 is 11.3 Å². The Morgan fingerprint density at radius 2 is 1.87 bits per heavy atom. The average molecular weight is 435 g/mol. The molecular weight excluding hydrogens is 408 g/mol. The molecule has 1 aromatic heterocycles. The molecule has 1 aliphatic rings. The molecule has 2 heterocycles. The second-order valence-electron chi connectivity index (χ2n) is 8.07. The molecule has 1 amide bonds. The van der Waals surface area contributed by atoms with Crippen molar-refractivity contribution in [1.82, 2.24) is 9.88 Å². The van der Waals surface area contributed by atoms with Crippen LogP contribution in [-0.2, 0) is 11.3 Å². The molecule has 3 aromatic rings. The van der Waals surface area contributed by atoms with E-state index in [2.05, 4.69) is 31.0 Å². The number of Topliss-reactive ketones (excluding diaryl/α,β-unsaturated/α-hetero) is 1. The normalized spacial score (nSPS) is 16.0. The number of aromatic nitrogens is 1. The molecule has 1 aliphatic heterocycles. The molecule has 0 aliphatic carbocycles. The SMILES string of the molecule is CC(C)c1ccc(-c2csc(C(=O)C3CCCN3C(=O)OCc3ccccc3)n2)cc1. The first-order valence-corrected chi connectivity index (χ1v) is 11.5. The lowest BCUT2D eigenvalue weighted by Crippen LogP contribution is -2.40. The molecular formula is C25H26N2O3S. The predicted octanol–water partition coefficient (Wildman–Crippen LogP) is 5.92. The second kappa shape index (κ2) is 9.43. The molecule has 160 valence electrons. The van der Waals surface area contributed by atoms with Crippen LogP contribution in [0.3, 0.4) is 0 Å². The highest BCUT2D eigenvalue weighted by Gasteiger charge is 2.36. The Morgan fingerprint density at radius 1 is 1.13 bits per heavy atom. The van der Waals surface area contributed by atoms with Crippen molar-refractivity contribution in [3.8, 4) is 11.3 Å². The molecule has 0 spiro atoms. The smallest absolute Gasteiger partial charge is 0.410 e. The number of rotatable bonds is 6. The monoisotopic (exact) mass is 434 g/mol. The molecule has 6 heteroatoms. The number of amides is 1. The molecule has 0 saturated carbocycles. The van der Waals surface area contributed by atoms with Crippen LogP contribution in [0.5, 0.6) is 0 Å². The molecule has 31 heavy (non-hydrogen) atoms.